The van der Waals surface area contributed by atoms with Crippen LogP contribution in [0.3, 0.4) is 0 Å². The standard InChI is InChI=1S/C23H20N2O/c1-16(2)14-24-15-25(21-9-5-4-8-20(21)24)17-11-12-19-18-7-3-6-10-22(18)26-23(19)13-17/h3-13,16H,14H2,1-2H3/q+2. The van der Waals surface area contributed by atoms with Crippen LogP contribution in [0.5, 0.6) is 0 Å². The van der Waals surface area contributed by atoms with E-state index in [1.54, 1.807) is 0 Å². The number of benzene rings is 3. The van der Waals surface area contributed by atoms with Gasteiger partial charge in [0.25, 0.3) is 11.4 Å². The van der Waals surface area contributed by atoms with Crippen molar-refractivity contribution < 1.29 is 8.99 Å². The summed E-state index contributed by atoms with van der Waals surface area (Å²) < 4.78 is 10.4. The molecule has 0 aliphatic carbocycles. The molecule has 0 N–H and O–H groups in total. The predicted octanol–water partition coefficient (Wildman–Crippen LogP) is 5.91. The van der Waals surface area contributed by atoms with Gasteiger partial charge in [0.15, 0.2) is 6.54 Å². The maximum atomic E-state index is 6.06. The van der Waals surface area contributed by atoms with Crippen LogP contribution >= 0.6 is 0 Å². The summed E-state index contributed by atoms with van der Waals surface area (Å²) in [7, 11) is 0. The molecule has 0 amide bonds. The van der Waals surface area contributed by atoms with Gasteiger partial charge < -0.3 is 4.42 Å². The molecule has 126 valence electrons. The summed E-state index contributed by atoms with van der Waals surface area (Å²) in [4.78, 5) is 0. The fraction of sp³-hybridized carbons (Fsp3) is 0.174. The molecule has 2 heterocycles. The fourth-order valence-electron chi connectivity index (χ4n) is 3.66. The summed E-state index contributed by atoms with van der Waals surface area (Å²) in [6.07, 6.45) is 0. The largest absolute Gasteiger partial charge is 0.496 e. The Morgan fingerprint density at radius 2 is 1.58 bits per heavy atom. The van der Waals surface area contributed by atoms with E-state index in [0.717, 1.165) is 39.9 Å². The van der Waals surface area contributed by atoms with E-state index in [9.17, 15) is 0 Å². The number of hydrogen-bond donors (Lipinski definition) is 0. The molecule has 1 aromatic heterocycles. The Kier molecular flexibility index (Phi) is 3.31. The zero-order valence-electron chi connectivity index (χ0n) is 14.9. The Bertz CT molecular complexity index is 1220. The third-order valence-corrected chi connectivity index (χ3v) is 4.80. The number of rotatable bonds is 3. The van der Waals surface area contributed by atoms with E-state index in [1.165, 1.54) is 5.69 Å². The minimum absolute atomic E-state index is 0.563. The fourth-order valence-corrected chi connectivity index (χ4v) is 3.66. The molecule has 5 rings (SSSR count). The molecule has 0 fully saturated rings. The molecular formula is C23H20N2O+2. The van der Waals surface area contributed by atoms with Crippen LogP contribution < -0.4 is 4.58 Å². The quantitative estimate of drug-likeness (QED) is 0.424. The van der Waals surface area contributed by atoms with Crippen molar-refractivity contribution in [2.75, 3.05) is 6.54 Å². The SMILES string of the molecule is CC(C)C[N+]1=C=[N+](c2ccc3c(c2)oc2ccccc23)c2ccccc21. The van der Waals surface area contributed by atoms with Crippen molar-refractivity contribution in [1.29, 1.82) is 0 Å². The molecule has 26 heavy (non-hydrogen) atoms. The van der Waals surface area contributed by atoms with Gasteiger partial charge in [0.2, 0.25) is 5.69 Å². The van der Waals surface area contributed by atoms with E-state index in [-0.39, 0.29) is 0 Å². The molecular weight excluding hydrogens is 320 g/mol. The zero-order valence-corrected chi connectivity index (χ0v) is 14.9. The molecule has 0 bridgehead atoms. The van der Waals surface area contributed by atoms with Crippen molar-refractivity contribution in [3.8, 4) is 0 Å². The summed E-state index contributed by atoms with van der Waals surface area (Å²) in [5.41, 5.74) is 5.26. The highest BCUT2D eigenvalue weighted by molar-refractivity contribution is 6.05. The second-order valence-electron chi connectivity index (χ2n) is 7.21. The number of furan rings is 1. The molecule has 1 aliphatic rings. The lowest BCUT2D eigenvalue weighted by Gasteiger charge is -1.98. The first-order valence-corrected chi connectivity index (χ1v) is 9.05. The Balaban J connectivity index is 1.71. The van der Waals surface area contributed by atoms with E-state index >= 15 is 0 Å². The van der Waals surface area contributed by atoms with Gasteiger partial charge in [-0.05, 0) is 16.7 Å². The van der Waals surface area contributed by atoms with Crippen LogP contribution in [0.4, 0.5) is 17.1 Å². The van der Waals surface area contributed by atoms with Gasteiger partial charge in [0, 0.05) is 34.9 Å². The third kappa shape index (κ3) is 2.29. The maximum Gasteiger partial charge on any atom is 0.496 e. The van der Waals surface area contributed by atoms with Crippen LogP contribution in [0.15, 0.2) is 71.1 Å². The Morgan fingerprint density at radius 3 is 2.42 bits per heavy atom. The number of para-hydroxylation sites is 3. The summed E-state index contributed by atoms with van der Waals surface area (Å²) in [6, 6.07) is 26.6. The van der Waals surface area contributed by atoms with Crippen LogP contribution in [0, 0.1) is 5.92 Å². The van der Waals surface area contributed by atoms with Crippen molar-refractivity contribution in [1.82, 2.24) is 4.58 Å². The lowest BCUT2D eigenvalue weighted by molar-refractivity contribution is -0.438. The average molecular weight is 340 g/mol. The average Bonchev–Trinajstić information content (AvgIpc) is 3.19. The van der Waals surface area contributed by atoms with Gasteiger partial charge in [-0.2, -0.15) is 0 Å². The van der Waals surface area contributed by atoms with Gasteiger partial charge in [-0.3, -0.25) is 0 Å². The van der Waals surface area contributed by atoms with Crippen molar-refractivity contribution in [3.63, 3.8) is 0 Å². The van der Waals surface area contributed by atoms with Crippen molar-refractivity contribution in [3.05, 3.63) is 66.7 Å². The van der Waals surface area contributed by atoms with Crippen molar-refractivity contribution in [2.45, 2.75) is 13.8 Å². The second-order valence-corrected chi connectivity index (χ2v) is 7.21. The molecule has 3 nitrogen and oxygen atoms in total. The molecule has 3 heteroatoms. The summed E-state index contributed by atoms with van der Waals surface area (Å²) in [6.45, 7) is 5.40. The molecule has 4 aromatic rings. The van der Waals surface area contributed by atoms with Crippen LogP contribution in [-0.4, -0.2) is 17.1 Å². The molecule has 0 spiro atoms. The molecule has 0 atom stereocenters. The van der Waals surface area contributed by atoms with Crippen molar-refractivity contribution in [2.24, 2.45) is 5.92 Å². The third-order valence-electron chi connectivity index (χ3n) is 4.80. The Morgan fingerprint density at radius 1 is 0.846 bits per heavy atom. The predicted molar refractivity (Wildman–Crippen MR) is 106 cm³/mol. The first kappa shape index (κ1) is 15.1. The van der Waals surface area contributed by atoms with E-state index < -0.39 is 0 Å². The van der Waals surface area contributed by atoms with Gasteiger partial charge in [-0.15, -0.1) is 0 Å². The van der Waals surface area contributed by atoms with Crippen LogP contribution in [0.2, 0.25) is 0 Å². The van der Waals surface area contributed by atoms with Gasteiger partial charge >= 0.3 is 6.01 Å². The highest BCUT2D eigenvalue weighted by Gasteiger charge is 2.34. The minimum Gasteiger partial charge on any atom is -0.456 e. The van der Waals surface area contributed by atoms with E-state index in [0.29, 0.717) is 5.92 Å². The molecule has 3 aromatic carbocycles. The number of nitrogens with zero attached hydrogens (tertiary/aromatic N) is 2. The number of hydrogen-bond acceptors (Lipinski definition) is 1. The van der Waals surface area contributed by atoms with Crippen LogP contribution in [0.1, 0.15) is 13.8 Å². The molecule has 0 radical (unpaired) electrons. The molecule has 1 aliphatic heterocycles. The number of fused-ring (bicyclic) bond motifs is 4. The molecule has 0 unspecified atom stereocenters. The first-order valence-electron chi connectivity index (χ1n) is 9.05. The van der Waals surface area contributed by atoms with E-state index in [4.69, 9.17) is 4.42 Å². The normalized spacial score (nSPS) is 13.3. The van der Waals surface area contributed by atoms with Crippen molar-refractivity contribution >= 4 is 45.0 Å². The Hall–Kier alpha value is -3.16. The Labute approximate surface area is 152 Å². The van der Waals surface area contributed by atoms with E-state index in [1.807, 2.05) is 18.2 Å². The molecule has 0 saturated carbocycles. The lowest BCUT2D eigenvalue weighted by Crippen LogP contribution is -2.10. The lowest BCUT2D eigenvalue weighted by atomic mass is 10.1. The monoisotopic (exact) mass is 340 g/mol. The molecule has 0 saturated heterocycles. The highest BCUT2D eigenvalue weighted by atomic mass is 16.3. The smallest absolute Gasteiger partial charge is 0.456 e. The highest BCUT2D eigenvalue weighted by Crippen LogP contribution is 2.36. The summed E-state index contributed by atoms with van der Waals surface area (Å²) in [5.74, 6) is 0.563. The zero-order chi connectivity index (χ0) is 17.7. The summed E-state index contributed by atoms with van der Waals surface area (Å²) in [5, 5.41) is 2.31. The second kappa shape index (κ2) is 5.69. The first-order chi connectivity index (χ1) is 12.7. The van der Waals surface area contributed by atoms with Crippen LogP contribution in [0.25, 0.3) is 21.9 Å². The topological polar surface area (TPSA) is 19.2 Å². The summed E-state index contributed by atoms with van der Waals surface area (Å²) >= 11 is 0. The van der Waals surface area contributed by atoms with Gasteiger partial charge in [0.1, 0.15) is 11.2 Å². The van der Waals surface area contributed by atoms with E-state index in [2.05, 4.69) is 77.5 Å². The minimum atomic E-state index is 0.563. The van der Waals surface area contributed by atoms with Crippen LogP contribution in [-0.2, 0) is 0 Å². The maximum absolute atomic E-state index is 6.06. The van der Waals surface area contributed by atoms with Gasteiger partial charge in [0.05, 0.1) is 6.07 Å². The van der Waals surface area contributed by atoms with Gasteiger partial charge in [-0.25, -0.2) is 0 Å². The van der Waals surface area contributed by atoms with Gasteiger partial charge in [-0.1, -0.05) is 48.8 Å².